The highest BCUT2D eigenvalue weighted by atomic mass is 16.7. The normalized spacial score (nSPS) is 19.1. The molecule has 0 saturated carbocycles. The van der Waals surface area contributed by atoms with E-state index in [1.807, 2.05) is 0 Å². The van der Waals surface area contributed by atoms with Gasteiger partial charge < -0.3 is 4.84 Å². The summed E-state index contributed by atoms with van der Waals surface area (Å²) < 4.78 is 0. The Morgan fingerprint density at radius 2 is 1.31 bits per heavy atom. The Bertz CT molecular complexity index is 1170. The van der Waals surface area contributed by atoms with Crippen molar-refractivity contribution in [2.45, 2.75) is 38.5 Å². The Hall–Kier alpha value is -3.95. The monoisotopic (exact) mass is 434 g/mol. The molecule has 1 aromatic carbocycles. The van der Waals surface area contributed by atoms with Gasteiger partial charge in [0.05, 0.1) is 33.5 Å². The van der Waals surface area contributed by atoms with Crippen molar-refractivity contribution in [3.8, 4) is 0 Å². The van der Waals surface area contributed by atoms with Crippen molar-refractivity contribution in [1.29, 1.82) is 0 Å². The quantitative estimate of drug-likeness (QED) is 0.522. The Morgan fingerprint density at radius 1 is 0.812 bits per heavy atom. The van der Waals surface area contributed by atoms with Crippen LogP contribution in [0.4, 0.5) is 0 Å². The van der Waals surface area contributed by atoms with E-state index in [1.165, 1.54) is 12.1 Å². The fourth-order valence-electron chi connectivity index (χ4n) is 4.05. The molecule has 162 valence electrons. The molecule has 0 radical (unpaired) electrons. The number of aryl methyl sites for hydroxylation is 2. The summed E-state index contributed by atoms with van der Waals surface area (Å²) in [6.07, 6.45) is 7.31. The van der Waals surface area contributed by atoms with Crippen LogP contribution in [-0.4, -0.2) is 56.1 Å². The number of nitrogens with zero attached hydrogens (tertiary/aromatic N) is 4. The van der Waals surface area contributed by atoms with Gasteiger partial charge in [0, 0.05) is 12.8 Å². The van der Waals surface area contributed by atoms with Gasteiger partial charge in [-0.3, -0.25) is 24.1 Å². The van der Waals surface area contributed by atoms with Gasteiger partial charge in [0.15, 0.2) is 0 Å². The van der Waals surface area contributed by atoms with Gasteiger partial charge >= 0.3 is 5.97 Å². The molecule has 10 nitrogen and oxygen atoms in total. The molecule has 1 aliphatic carbocycles. The molecule has 10 heteroatoms. The molecule has 4 amide bonds. The summed E-state index contributed by atoms with van der Waals surface area (Å²) in [7, 11) is 0. The number of imide groups is 2. The number of amides is 4. The van der Waals surface area contributed by atoms with Gasteiger partial charge in [0.2, 0.25) is 0 Å². The maximum atomic E-state index is 12.8. The molecule has 1 saturated heterocycles. The van der Waals surface area contributed by atoms with Crippen LogP contribution in [0.5, 0.6) is 0 Å². The number of allylic oxidation sites excluding steroid dienone is 2. The lowest BCUT2D eigenvalue weighted by Gasteiger charge is -2.16. The molecule has 0 bridgehead atoms. The molecule has 2 aliphatic heterocycles. The van der Waals surface area contributed by atoms with Gasteiger partial charge in [0.25, 0.3) is 23.6 Å². The van der Waals surface area contributed by atoms with Gasteiger partial charge in [-0.05, 0) is 37.8 Å². The van der Waals surface area contributed by atoms with Crippen molar-refractivity contribution in [1.82, 2.24) is 19.9 Å². The highest BCUT2D eigenvalue weighted by Crippen LogP contribution is 2.28. The third kappa shape index (κ3) is 3.33. The van der Waals surface area contributed by atoms with Crippen molar-refractivity contribution in [2.24, 2.45) is 0 Å². The Balaban J connectivity index is 1.41. The largest absolute Gasteiger partial charge is 0.352 e. The number of aromatic nitrogens is 2. The van der Waals surface area contributed by atoms with Crippen LogP contribution in [0.15, 0.2) is 24.3 Å². The SMILES string of the molecule is O=C(CN1C(=O)c2cc3nc4c(nc3cc2C1=O)CC/C=C\CC4)ON1C(=O)CCC1=O. The van der Waals surface area contributed by atoms with Crippen molar-refractivity contribution in [2.75, 3.05) is 6.54 Å². The maximum absolute atomic E-state index is 12.8. The highest BCUT2D eigenvalue weighted by Gasteiger charge is 2.39. The third-order valence-corrected chi connectivity index (χ3v) is 5.66. The zero-order valence-corrected chi connectivity index (χ0v) is 17.0. The van der Waals surface area contributed by atoms with Gasteiger partial charge in [-0.25, -0.2) is 14.8 Å². The van der Waals surface area contributed by atoms with E-state index < -0.39 is 36.1 Å². The molecule has 2 aromatic rings. The minimum absolute atomic E-state index is 0.0498. The molecular weight excluding hydrogens is 416 g/mol. The first-order valence-electron chi connectivity index (χ1n) is 10.3. The van der Waals surface area contributed by atoms with Crippen LogP contribution in [0.3, 0.4) is 0 Å². The summed E-state index contributed by atoms with van der Waals surface area (Å²) >= 11 is 0. The number of benzene rings is 1. The van der Waals surface area contributed by atoms with E-state index in [0.29, 0.717) is 16.1 Å². The molecule has 1 fully saturated rings. The lowest BCUT2D eigenvalue weighted by atomic mass is 10.0. The zero-order valence-electron chi connectivity index (χ0n) is 17.0. The number of carbonyl (C=O) groups is 5. The van der Waals surface area contributed by atoms with Crippen molar-refractivity contribution >= 4 is 40.6 Å². The second-order valence-electron chi connectivity index (χ2n) is 7.79. The topological polar surface area (TPSA) is 127 Å². The smallest absolute Gasteiger partial charge is 0.328 e. The molecule has 3 heterocycles. The Labute approximate surface area is 181 Å². The van der Waals surface area contributed by atoms with Crippen molar-refractivity contribution in [3.63, 3.8) is 0 Å². The predicted octanol–water partition coefficient (Wildman–Crippen LogP) is 1.27. The van der Waals surface area contributed by atoms with Gasteiger partial charge in [-0.1, -0.05) is 12.2 Å². The number of rotatable bonds is 3. The number of hydrogen-bond donors (Lipinski definition) is 0. The average molecular weight is 434 g/mol. The van der Waals surface area contributed by atoms with Crippen LogP contribution in [0.2, 0.25) is 0 Å². The molecule has 5 rings (SSSR count). The second-order valence-corrected chi connectivity index (χ2v) is 7.79. The first-order valence-corrected chi connectivity index (χ1v) is 10.3. The van der Waals surface area contributed by atoms with Gasteiger partial charge in [0.1, 0.15) is 6.54 Å². The molecule has 0 N–H and O–H groups in total. The number of hydroxylamine groups is 2. The van der Waals surface area contributed by atoms with Crippen LogP contribution >= 0.6 is 0 Å². The second kappa shape index (κ2) is 7.63. The van der Waals surface area contributed by atoms with Crippen LogP contribution in [0.25, 0.3) is 11.0 Å². The summed E-state index contributed by atoms with van der Waals surface area (Å²) in [4.78, 5) is 76.0. The number of hydrogen-bond acceptors (Lipinski definition) is 8. The summed E-state index contributed by atoms with van der Waals surface area (Å²) in [5.41, 5.74) is 3.02. The number of carbonyl (C=O) groups excluding carboxylic acids is 5. The lowest BCUT2D eigenvalue weighted by molar-refractivity contribution is -0.197. The molecular formula is C22H18N4O6. The van der Waals surface area contributed by atoms with Crippen LogP contribution in [0, 0.1) is 0 Å². The van der Waals surface area contributed by atoms with E-state index >= 15 is 0 Å². The zero-order chi connectivity index (χ0) is 22.4. The van der Waals surface area contributed by atoms with Gasteiger partial charge in [-0.2, -0.15) is 0 Å². The summed E-state index contributed by atoms with van der Waals surface area (Å²) in [5, 5.41) is 0.382. The highest BCUT2D eigenvalue weighted by molar-refractivity contribution is 6.23. The molecule has 0 unspecified atom stereocenters. The summed E-state index contributed by atoms with van der Waals surface area (Å²) in [6.45, 7) is -0.719. The standard InChI is InChI=1S/C22H18N4O6/c27-18-7-8-19(28)26(18)32-20(29)11-25-21(30)12-9-16-17(10-13(12)22(25)31)24-15-6-4-2-1-3-5-14(15)23-16/h1-2,9-10H,3-8,11H2/b2-1-. The van der Waals surface area contributed by atoms with Crippen molar-refractivity contribution in [3.05, 3.63) is 46.8 Å². The van der Waals surface area contributed by atoms with Crippen LogP contribution in [0.1, 0.15) is 57.8 Å². The van der Waals surface area contributed by atoms with E-state index in [9.17, 15) is 24.0 Å². The van der Waals surface area contributed by atoms with E-state index in [0.717, 1.165) is 42.0 Å². The first kappa shape index (κ1) is 20.0. The molecule has 3 aliphatic rings. The molecule has 0 atom stereocenters. The Kier molecular flexibility index (Phi) is 4.76. The lowest BCUT2D eigenvalue weighted by Crippen LogP contribution is -2.40. The third-order valence-electron chi connectivity index (χ3n) is 5.66. The van der Waals surface area contributed by atoms with Crippen LogP contribution < -0.4 is 0 Å². The van der Waals surface area contributed by atoms with Crippen molar-refractivity contribution < 1.29 is 28.8 Å². The van der Waals surface area contributed by atoms with Crippen LogP contribution in [-0.2, 0) is 32.1 Å². The number of fused-ring (bicyclic) bond motifs is 3. The van der Waals surface area contributed by atoms with E-state index in [1.54, 1.807) is 0 Å². The molecule has 0 spiro atoms. The first-order chi connectivity index (χ1) is 15.4. The fraction of sp³-hybridized carbons (Fsp3) is 0.318. The predicted molar refractivity (Wildman–Crippen MR) is 108 cm³/mol. The average Bonchev–Trinajstić information content (AvgIpc) is 3.18. The summed E-state index contributed by atoms with van der Waals surface area (Å²) in [5.74, 6) is -3.67. The molecule has 32 heavy (non-hydrogen) atoms. The van der Waals surface area contributed by atoms with E-state index in [4.69, 9.17) is 4.84 Å². The fourth-order valence-corrected chi connectivity index (χ4v) is 4.05. The van der Waals surface area contributed by atoms with E-state index in [2.05, 4.69) is 22.1 Å². The summed E-state index contributed by atoms with van der Waals surface area (Å²) in [6, 6.07) is 3.04. The molecule has 1 aromatic heterocycles. The minimum Gasteiger partial charge on any atom is -0.328 e. The maximum Gasteiger partial charge on any atom is 0.352 e. The van der Waals surface area contributed by atoms with Gasteiger partial charge in [-0.15, -0.1) is 5.06 Å². The Morgan fingerprint density at radius 3 is 1.81 bits per heavy atom. The van der Waals surface area contributed by atoms with E-state index in [-0.39, 0.29) is 24.0 Å². The minimum atomic E-state index is -1.06.